The molecular weight excluding hydrogens is 865 g/mol. The SMILES string of the molecule is C.CC(=O)CC(=O)O.CC(C)(C)OC(=O)N1C2CCC1CC(=O)C2.CC(C)(C)OC(=O)N1C2CCC1CC(N)C2.COC1CCC(C)O1.O=C1CC2CCC(C1)N2Cc1ccccc1.O=C=O. The summed E-state index contributed by atoms with van der Waals surface area (Å²) in [7, 11) is 1.68. The number of amides is 2. The summed E-state index contributed by atoms with van der Waals surface area (Å²) in [6.45, 7) is 15.6. The molecular formula is C50H80N4O13. The molecule has 8 atom stereocenters. The summed E-state index contributed by atoms with van der Waals surface area (Å²) in [4.78, 5) is 88.9. The monoisotopic (exact) mass is 945 g/mol. The Balaban J connectivity index is 0.000000292. The first kappa shape index (κ1) is 58.6. The number of carbonyl (C=O) groups is 6. The van der Waals surface area contributed by atoms with Crippen LogP contribution in [-0.2, 0) is 54.3 Å². The average Bonchev–Trinajstić information content (AvgIpc) is 3.90. The van der Waals surface area contributed by atoms with E-state index in [0.717, 1.165) is 70.8 Å². The molecule has 0 saturated carbocycles. The number of ether oxygens (including phenoxy) is 4. The number of methoxy groups -OCH3 is 1. The predicted molar refractivity (Wildman–Crippen MR) is 250 cm³/mol. The van der Waals surface area contributed by atoms with Crippen LogP contribution in [0.15, 0.2) is 30.3 Å². The molecule has 2 amide bonds. The molecule has 7 aliphatic rings. The zero-order chi connectivity index (χ0) is 49.4. The molecule has 17 heteroatoms. The topological polar surface area (TPSA) is 229 Å². The summed E-state index contributed by atoms with van der Waals surface area (Å²) in [6.07, 6.45) is 13.0. The second-order valence-electron chi connectivity index (χ2n) is 20.3. The zero-order valence-corrected chi connectivity index (χ0v) is 40.7. The fourth-order valence-electron chi connectivity index (χ4n) is 9.68. The Morgan fingerprint density at radius 1 is 0.716 bits per heavy atom. The fourth-order valence-corrected chi connectivity index (χ4v) is 9.68. The number of hydrogen-bond donors (Lipinski definition) is 2. The highest BCUT2D eigenvalue weighted by Crippen LogP contribution is 2.37. The van der Waals surface area contributed by atoms with Crippen LogP contribution in [0.4, 0.5) is 9.59 Å². The summed E-state index contributed by atoms with van der Waals surface area (Å²) >= 11 is 0. The van der Waals surface area contributed by atoms with Crippen molar-refractivity contribution in [3.8, 4) is 0 Å². The van der Waals surface area contributed by atoms with Gasteiger partial charge in [-0.2, -0.15) is 9.59 Å². The third-order valence-corrected chi connectivity index (χ3v) is 12.3. The van der Waals surface area contributed by atoms with Gasteiger partial charge < -0.3 is 39.6 Å². The molecule has 8 rings (SSSR count). The Labute approximate surface area is 398 Å². The Bertz CT molecular complexity index is 1730. The number of ketones is 3. The lowest BCUT2D eigenvalue weighted by molar-refractivity contribution is -0.191. The van der Waals surface area contributed by atoms with Gasteiger partial charge in [0.25, 0.3) is 0 Å². The van der Waals surface area contributed by atoms with Gasteiger partial charge in [-0.15, -0.1) is 0 Å². The number of rotatable bonds is 5. The van der Waals surface area contributed by atoms with Crippen LogP contribution in [0.2, 0.25) is 0 Å². The summed E-state index contributed by atoms with van der Waals surface area (Å²) < 4.78 is 21.1. The van der Waals surface area contributed by atoms with Crippen LogP contribution < -0.4 is 5.73 Å². The molecule has 1 aromatic rings. The average molecular weight is 945 g/mol. The second-order valence-corrected chi connectivity index (χ2v) is 20.3. The number of piperidine rings is 3. The van der Waals surface area contributed by atoms with Gasteiger partial charge in [-0.1, -0.05) is 37.8 Å². The molecule has 378 valence electrons. The van der Waals surface area contributed by atoms with Gasteiger partial charge in [-0.25, -0.2) is 9.59 Å². The molecule has 8 unspecified atom stereocenters. The first-order valence-corrected chi connectivity index (χ1v) is 23.4. The minimum Gasteiger partial charge on any atom is -0.481 e. The van der Waals surface area contributed by atoms with Crippen LogP contribution in [0.1, 0.15) is 165 Å². The molecule has 0 radical (unpaired) electrons. The molecule has 0 aromatic heterocycles. The maximum Gasteiger partial charge on any atom is 0.410 e. The van der Waals surface area contributed by atoms with Crippen molar-refractivity contribution >= 4 is 41.7 Å². The highest BCUT2D eigenvalue weighted by Gasteiger charge is 2.45. The van der Waals surface area contributed by atoms with Gasteiger partial charge in [0.1, 0.15) is 35.0 Å². The maximum absolute atomic E-state index is 12.0. The maximum atomic E-state index is 12.0. The lowest BCUT2D eigenvalue weighted by Gasteiger charge is -2.38. The highest BCUT2D eigenvalue weighted by molar-refractivity contribution is 5.93. The van der Waals surface area contributed by atoms with Crippen molar-refractivity contribution in [1.82, 2.24) is 14.7 Å². The third-order valence-electron chi connectivity index (χ3n) is 12.3. The number of nitrogens with zero attached hydrogens (tertiary/aromatic N) is 3. The number of benzene rings is 1. The van der Waals surface area contributed by atoms with Crippen LogP contribution in [0.25, 0.3) is 0 Å². The van der Waals surface area contributed by atoms with E-state index in [-0.39, 0.29) is 68.2 Å². The van der Waals surface area contributed by atoms with Crippen molar-refractivity contribution in [1.29, 1.82) is 0 Å². The van der Waals surface area contributed by atoms with Crippen molar-refractivity contribution in [2.75, 3.05) is 7.11 Å². The number of Topliss-reactive ketones (excluding diaryl/α,β-unsaturated/α-hetero) is 3. The number of carboxylic acids is 1. The third kappa shape index (κ3) is 20.3. The number of carbonyl (C=O) groups excluding carboxylic acids is 7. The van der Waals surface area contributed by atoms with E-state index in [1.165, 1.54) is 25.3 Å². The molecule has 6 bridgehead atoms. The van der Waals surface area contributed by atoms with Crippen LogP contribution >= 0.6 is 0 Å². The smallest absolute Gasteiger partial charge is 0.410 e. The van der Waals surface area contributed by atoms with Crippen molar-refractivity contribution < 1.29 is 62.4 Å². The Morgan fingerprint density at radius 2 is 1.12 bits per heavy atom. The van der Waals surface area contributed by atoms with Crippen LogP contribution in [-0.4, -0.2) is 134 Å². The number of nitrogens with two attached hydrogens (primary N) is 1. The quantitative estimate of drug-likeness (QED) is 0.270. The molecule has 0 aliphatic carbocycles. The fraction of sp³-hybridized carbons (Fsp3) is 0.740. The molecule has 1 aromatic carbocycles. The normalized spacial score (nSPS) is 27.8. The predicted octanol–water partition coefficient (Wildman–Crippen LogP) is 7.64. The molecule has 17 nitrogen and oxygen atoms in total. The van der Waals surface area contributed by atoms with E-state index >= 15 is 0 Å². The van der Waals surface area contributed by atoms with Crippen molar-refractivity contribution in [2.45, 2.75) is 232 Å². The first-order valence-electron chi connectivity index (χ1n) is 23.4. The van der Waals surface area contributed by atoms with Crippen molar-refractivity contribution in [3.63, 3.8) is 0 Å². The molecule has 0 spiro atoms. The number of aliphatic carboxylic acids is 1. The molecule has 3 N–H and O–H groups in total. The van der Waals surface area contributed by atoms with Gasteiger partial charge in [0.15, 0.2) is 6.29 Å². The summed E-state index contributed by atoms with van der Waals surface area (Å²) in [5, 5.41) is 7.86. The van der Waals surface area contributed by atoms with E-state index in [9.17, 15) is 28.8 Å². The minimum absolute atomic E-state index is 0. The van der Waals surface area contributed by atoms with Gasteiger partial charge in [-0.05, 0) is 119 Å². The van der Waals surface area contributed by atoms with Gasteiger partial charge in [0.2, 0.25) is 0 Å². The zero-order valence-electron chi connectivity index (χ0n) is 40.7. The molecule has 7 aliphatic heterocycles. The molecule has 67 heavy (non-hydrogen) atoms. The van der Waals surface area contributed by atoms with Crippen LogP contribution in [0.3, 0.4) is 0 Å². The van der Waals surface area contributed by atoms with E-state index in [1.807, 2.05) is 46.4 Å². The van der Waals surface area contributed by atoms with E-state index in [0.29, 0.717) is 48.9 Å². The lowest BCUT2D eigenvalue weighted by atomic mass is 9.99. The number of carboxylic acid groups (broad SMARTS) is 1. The minimum atomic E-state index is -1.06. The molecule has 7 saturated heterocycles. The number of hydrogen-bond acceptors (Lipinski definition) is 14. The largest absolute Gasteiger partial charge is 0.481 e. The Hall–Kier alpha value is -4.54. The first-order chi connectivity index (χ1) is 30.9. The van der Waals surface area contributed by atoms with E-state index in [2.05, 4.69) is 42.2 Å². The van der Waals surface area contributed by atoms with Crippen molar-refractivity contribution in [3.05, 3.63) is 35.9 Å². The summed E-state index contributed by atoms with van der Waals surface area (Å²) in [5.41, 5.74) is 6.47. The lowest BCUT2D eigenvalue weighted by Crippen LogP contribution is -2.51. The van der Waals surface area contributed by atoms with Crippen LogP contribution in [0, 0.1) is 0 Å². The van der Waals surface area contributed by atoms with Crippen LogP contribution in [0.5, 0.6) is 0 Å². The summed E-state index contributed by atoms with van der Waals surface area (Å²) in [6, 6.07) is 12.7. The van der Waals surface area contributed by atoms with Gasteiger partial charge in [-0.3, -0.25) is 24.1 Å². The van der Waals surface area contributed by atoms with E-state index < -0.39 is 17.2 Å². The molecule has 7 fully saturated rings. The van der Waals surface area contributed by atoms with E-state index in [4.69, 9.17) is 39.4 Å². The molecule has 7 heterocycles. The standard InChI is InChI=1S/C14H17NO.C12H22N2O2.C12H19NO3.C6H12O2.C4H6O3.CO2.CH4/c16-14-8-12-6-7-13(9-14)15(12)10-11-4-2-1-3-5-11;1-12(2,3)16-11(15)14-9-4-5-10(14)7-8(13)6-9;1-12(2,3)16-11(15)13-8-4-5-9(13)7-10(14)6-8;1-5-3-4-6(7-2)8-5;1-3(5)2-4(6)7;2-1-3;/h1-5,12-13H,6-10H2;8-10H,4-7,13H2,1-3H3;8-9H,4-7H2,1-3H3;5-6H,3-4H2,1-2H3;2H2,1H3,(H,6,7);;1H4. The summed E-state index contributed by atoms with van der Waals surface area (Å²) in [5.74, 6) is -0.621. The second kappa shape index (κ2) is 27.5. The van der Waals surface area contributed by atoms with Gasteiger partial charge >= 0.3 is 24.3 Å². The van der Waals surface area contributed by atoms with E-state index in [1.54, 1.807) is 12.0 Å². The van der Waals surface area contributed by atoms with Gasteiger partial charge in [0, 0.05) is 88.1 Å². The van der Waals surface area contributed by atoms with Gasteiger partial charge in [0.05, 0.1) is 6.10 Å². The Morgan fingerprint density at radius 3 is 1.46 bits per heavy atom. The number of fused-ring (bicyclic) bond motifs is 6. The Kier molecular flexibility index (Phi) is 24.0. The van der Waals surface area contributed by atoms with Crippen molar-refractivity contribution in [2.24, 2.45) is 5.73 Å². The highest BCUT2D eigenvalue weighted by atomic mass is 16.7.